The van der Waals surface area contributed by atoms with Gasteiger partial charge in [0.2, 0.25) is 0 Å². The van der Waals surface area contributed by atoms with Gasteiger partial charge in [0.15, 0.2) is 0 Å². The third kappa shape index (κ3) is 2.61. The third-order valence-corrected chi connectivity index (χ3v) is 3.64. The predicted octanol–water partition coefficient (Wildman–Crippen LogP) is 2.50. The SMILES string of the molecule is CCCc1nn(C)c(Sc2ccncc2)c1N. The number of hydrogen-bond donors (Lipinski definition) is 1. The van der Waals surface area contributed by atoms with Gasteiger partial charge in [0.25, 0.3) is 0 Å². The summed E-state index contributed by atoms with van der Waals surface area (Å²) in [6.45, 7) is 2.13. The zero-order valence-electron chi connectivity index (χ0n) is 10.1. The minimum Gasteiger partial charge on any atom is -0.395 e. The molecule has 2 rings (SSSR count). The molecule has 0 saturated heterocycles. The first-order chi connectivity index (χ1) is 8.22. The van der Waals surface area contributed by atoms with Crippen LogP contribution < -0.4 is 5.73 Å². The zero-order valence-corrected chi connectivity index (χ0v) is 10.9. The predicted molar refractivity (Wildman–Crippen MR) is 70.0 cm³/mol. The summed E-state index contributed by atoms with van der Waals surface area (Å²) in [7, 11) is 1.93. The van der Waals surface area contributed by atoms with Gasteiger partial charge in [-0.15, -0.1) is 0 Å². The van der Waals surface area contributed by atoms with Gasteiger partial charge in [-0.1, -0.05) is 25.1 Å². The van der Waals surface area contributed by atoms with Crippen LogP contribution in [0.3, 0.4) is 0 Å². The minimum atomic E-state index is 0.802. The third-order valence-electron chi connectivity index (χ3n) is 2.46. The van der Waals surface area contributed by atoms with Crippen LogP contribution in [0.25, 0.3) is 0 Å². The average Bonchev–Trinajstić information content (AvgIpc) is 2.59. The van der Waals surface area contributed by atoms with Crippen LogP contribution >= 0.6 is 11.8 Å². The Kier molecular flexibility index (Phi) is 3.68. The van der Waals surface area contributed by atoms with Gasteiger partial charge in [0, 0.05) is 24.3 Å². The molecule has 0 aliphatic carbocycles. The fourth-order valence-electron chi connectivity index (χ4n) is 1.64. The summed E-state index contributed by atoms with van der Waals surface area (Å²) in [5.74, 6) is 0. The second-order valence-corrected chi connectivity index (χ2v) is 4.89. The molecule has 0 unspecified atom stereocenters. The van der Waals surface area contributed by atoms with Crippen molar-refractivity contribution < 1.29 is 0 Å². The number of pyridine rings is 1. The van der Waals surface area contributed by atoms with Gasteiger partial charge in [0.1, 0.15) is 5.03 Å². The molecule has 0 spiro atoms. The maximum Gasteiger partial charge on any atom is 0.122 e. The van der Waals surface area contributed by atoms with Gasteiger partial charge in [-0.2, -0.15) is 5.10 Å². The molecule has 5 heteroatoms. The first kappa shape index (κ1) is 12.0. The molecule has 0 radical (unpaired) electrons. The Balaban J connectivity index is 2.27. The summed E-state index contributed by atoms with van der Waals surface area (Å²) in [6, 6.07) is 3.94. The molecule has 0 aliphatic heterocycles. The van der Waals surface area contributed by atoms with Gasteiger partial charge >= 0.3 is 0 Å². The van der Waals surface area contributed by atoms with Crippen LogP contribution in [0.15, 0.2) is 34.4 Å². The van der Waals surface area contributed by atoms with Crippen LogP contribution in [0.5, 0.6) is 0 Å². The molecule has 2 aromatic heterocycles. The van der Waals surface area contributed by atoms with Crippen molar-refractivity contribution in [1.82, 2.24) is 14.8 Å². The fraction of sp³-hybridized carbons (Fsp3) is 0.333. The van der Waals surface area contributed by atoms with E-state index < -0.39 is 0 Å². The molecule has 17 heavy (non-hydrogen) atoms. The quantitative estimate of drug-likeness (QED) is 0.903. The molecule has 0 amide bonds. The van der Waals surface area contributed by atoms with E-state index in [0.29, 0.717) is 0 Å². The normalized spacial score (nSPS) is 10.7. The van der Waals surface area contributed by atoms with Gasteiger partial charge < -0.3 is 5.73 Å². The number of nitrogens with zero attached hydrogens (tertiary/aromatic N) is 3. The second kappa shape index (κ2) is 5.23. The smallest absolute Gasteiger partial charge is 0.122 e. The Morgan fingerprint density at radius 3 is 2.71 bits per heavy atom. The summed E-state index contributed by atoms with van der Waals surface area (Å²) >= 11 is 1.62. The van der Waals surface area contributed by atoms with Crippen molar-refractivity contribution in [2.24, 2.45) is 7.05 Å². The number of aryl methyl sites for hydroxylation is 2. The molecule has 2 heterocycles. The molecule has 0 atom stereocenters. The zero-order chi connectivity index (χ0) is 12.3. The van der Waals surface area contributed by atoms with E-state index in [4.69, 9.17) is 5.73 Å². The van der Waals surface area contributed by atoms with Crippen LogP contribution in [0.4, 0.5) is 5.69 Å². The molecular weight excluding hydrogens is 232 g/mol. The van der Waals surface area contributed by atoms with E-state index in [1.165, 1.54) is 0 Å². The maximum atomic E-state index is 6.12. The largest absolute Gasteiger partial charge is 0.395 e. The van der Waals surface area contributed by atoms with E-state index in [0.717, 1.165) is 34.1 Å². The van der Waals surface area contributed by atoms with Crippen LogP contribution in [0.1, 0.15) is 19.0 Å². The number of rotatable bonds is 4. The maximum absolute atomic E-state index is 6.12. The molecule has 0 saturated carbocycles. The Labute approximate surface area is 105 Å². The van der Waals surface area contributed by atoms with E-state index in [1.807, 2.05) is 23.9 Å². The van der Waals surface area contributed by atoms with Crippen molar-refractivity contribution in [1.29, 1.82) is 0 Å². The Hall–Kier alpha value is -1.49. The molecule has 0 bridgehead atoms. The summed E-state index contributed by atoms with van der Waals surface area (Å²) in [5, 5.41) is 5.45. The first-order valence-electron chi connectivity index (χ1n) is 5.61. The average molecular weight is 248 g/mol. The van der Waals surface area contributed by atoms with Gasteiger partial charge in [-0.05, 0) is 18.6 Å². The highest BCUT2D eigenvalue weighted by Crippen LogP contribution is 2.33. The molecule has 0 aliphatic rings. The van der Waals surface area contributed by atoms with Gasteiger partial charge in [-0.25, -0.2) is 0 Å². The van der Waals surface area contributed by atoms with Gasteiger partial charge in [0.05, 0.1) is 11.4 Å². The van der Waals surface area contributed by atoms with Crippen molar-refractivity contribution in [2.45, 2.75) is 29.7 Å². The second-order valence-electron chi connectivity index (χ2n) is 3.82. The molecular formula is C12H16N4S. The lowest BCUT2D eigenvalue weighted by Crippen LogP contribution is -1.93. The Morgan fingerprint density at radius 1 is 1.35 bits per heavy atom. The van der Waals surface area contributed by atoms with E-state index >= 15 is 0 Å². The Bertz CT molecular complexity index is 493. The number of nitrogens with two attached hydrogens (primary N) is 1. The number of hydrogen-bond acceptors (Lipinski definition) is 4. The molecule has 0 aromatic carbocycles. The molecule has 2 aromatic rings. The van der Waals surface area contributed by atoms with Crippen molar-refractivity contribution in [3.8, 4) is 0 Å². The summed E-state index contributed by atoms with van der Waals surface area (Å²) in [4.78, 5) is 5.12. The van der Waals surface area contributed by atoms with Crippen molar-refractivity contribution >= 4 is 17.4 Å². The van der Waals surface area contributed by atoms with Crippen molar-refractivity contribution in [3.05, 3.63) is 30.2 Å². The number of aromatic nitrogens is 3. The highest BCUT2D eigenvalue weighted by molar-refractivity contribution is 7.99. The van der Waals surface area contributed by atoms with Gasteiger partial charge in [-0.3, -0.25) is 9.67 Å². The monoisotopic (exact) mass is 248 g/mol. The van der Waals surface area contributed by atoms with Crippen molar-refractivity contribution in [2.75, 3.05) is 5.73 Å². The van der Waals surface area contributed by atoms with Crippen LogP contribution in [-0.2, 0) is 13.5 Å². The lowest BCUT2D eigenvalue weighted by Gasteiger charge is -2.02. The van der Waals surface area contributed by atoms with E-state index in [2.05, 4.69) is 17.0 Å². The lowest BCUT2D eigenvalue weighted by molar-refractivity contribution is 0.682. The number of nitrogen functional groups attached to an aromatic ring is 1. The Morgan fingerprint density at radius 2 is 2.06 bits per heavy atom. The summed E-state index contributed by atoms with van der Waals surface area (Å²) < 4.78 is 1.85. The fourth-order valence-corrected chi connectivity index (χ4v) is 2.52. The standard InChI is InChI=1S/C12H16N4S/c1-3-4-10-11(13)12(16(2)15-10)17-9-5-7-14-8-6-9/h5-8H,3-4,13H2,1-2H3. The topological polar surface area (TPSA) is 56.7 Å². The highest BCUT2D eigenvalue weighted by Gasteiger charge is 2.13. The summed E-state index contributed by atoms with van der Waals surface area (Å²) in [5.41, 5.74) is 7.91. The van der Waals surface area contributed by atoms with E-state index in [1.54, 1.807) is 24.2 Å². The first-order valence-corrected chi connectivity index (χ1v) is 6.43. The number of anilines is 1. The van der Waals surface area contributed by atoms with Crippen molar-refractivity contribution in [3.63, 3.8) is 0 Å². The van der Waals surface area contributed by atoms with E-state index in [-0.39, 0.29) is 0 Å². The summed E-state index contributed by atoms with van der Waals surface area (Å²) in [6.07, 6.45) is 5.54. The molecule has 4 nitrogen and oxygen atoms in total. The molecule has 90 valence electrons. The van der Waals surface area contributed by atoms with Crippen LogP contribution in [0.2, 0.25) is 0 Å². The van der Waals surface area contributed by atoms with Crippen LogP contribution in [-0.4, -0.2) is 14.8 Å². The molecule has 0 fully saturated rings. The van der Waals surface area contributed by atoms with E-state index in [9.17, 15) is 0 Å². The minimum absolute atomic E-state index is 0.802. The molecule has 2 N–H and O–H groups in total. The lowest BCUT2D eigenvalue weighted by atomic mass is 10.2. The highest BCUT2D eigenvalue weighted by atomic mass is 32.2. The van der Waals surface area contributed by atoms with Crippen LogP contribution in [0, 0.1) is 0 Å².